The Morgan fingerprint density at radius 2 is 1.68 bits per heavy atom. The number of para-hydroxylation sites is 1. The zero-order valence-corrected chi connectivity index (χ0v) is 13.3. The molecule has 120 valence electrons. The van der Waals surface area contributed by atoms with Crippen molar-refractivity contribution < 1.29 is 14.3 Å². The van der Waals surface area contributed by atoms with Crippen molar-refractivity contribution in [2.45, 2.75) is 46.0 Å². The molecule has 22 heavy (non-hydrogen) atoms. The summed E-state index contributed by atoms with van der Waals surface area (Å²) in [6.45, 7) is 3.75. The van der Waals surface area contributed by atoms with Crippen molar-refractivity contribution in [3.8, 4) is 5.75 Å². The van der Waals surface area contributed by atoms with Crippen LogP contribution in [0.25, 0.3) is 0 Å². The Morgan fingerprint density at radius 1 is 1.09 bits per heavy atom. The van der Waals surface area contributed by atoms with Crippen LogP contribution in [0.2, 0.25) is 0 Å². The molecule has 5 nitrogen and oxygen atoms in total. The van der Waals surface area contributed by atoms with Crippen molar-refractivity contribution >= 4 is 11.8 Å². The van der Waals surface area contributed by atoms with Crippen molar-refractivity contribution in [1.29, 1.82) is 0 Å². The summed E-state index contributed by atoms with van der Waals surface area (Å²) in [6.07, 6.45) is 5.11. The fraction of sp³-hybridized carbons (Fsp3) is 0.529. The zero-order chi connectivity index (χ0) is 15.9. The Balaban J connectivity index is 1.70. The minimum absolute atomic E-state index is 0.116. The lowest BCUT2D eigenvalue weighted by molar-refractivity contribution is -0.130. The van der Waals surface area contributed by atoms with E-state index in [-0.39, 0.29) is 18.4 Å². The Bertz CT molecular complexity index is 516. The molecule has 0 atom stereocenters. The van der Waals surface area contributed by atoms with Crippen molar-refractivity contribution in [1.82, 2.24) is 10.9 Å². The quantitative estimate of drug-likeness (QED) is 0.821. The monoisotopic (exact) mass is 304 g/mol. The number of ether oxygens (including phenoxy) is 1. The van der Waals surface area contributed by atoms with Crippen LogP contribution in [0.3, 0.4) is 0 Å². The fourth-order valence-corrected chi connectivity index (χ4v) is 2.87. The van der Waals surface area contributed by atoms with E-state index in [0.717, 1.165) is 29.7 Å². The first-order chi connectivity index (χ1) is 10.6. The molecule has 2 N–H and O–H groups in total. The Labute approximate surface area is 131 Å². The van der Waals surface area contributed by atoms with Gasteiger partial charge in [-0.3, -0.25) is 20.4 Å². The average molecular weight is 304 g/mol. The van der Waals surface area contributed by atoms with E-state index in [1.54, 1.807) is 0 Å². The lowest BCUT2D eigenvalue weighted by atomic mass is 10.0. The summed E-state index contributed by atoms with van der Waals surface area (Å²) in [6, 6.07) is 5.81. The third-order valence-corrected chi connectivity index (χ3v) is 4.05. The Hall–Kier alpha value is -2.04. The largest absolute Gasteiger partial charge is 0.483 e. The van der Waals surface area contributed by atoms with Gasteiger partial charge in [0, 0.05) is 6.42 Å². The summed E-state index contributed by atoms with van der Waals surface area (Å²) in [7, 11) is 0. The molecule has 1 aliphatic rings. The molecular formula is C17H24N2O3. The molecule has 0 spiro atoms. The maximum atomic E-state index is 11.7. The molecule has 0 saturated heterocycles. The summed E-state index contributed by atoms with van der Waals surface area (Å²) < 4.78 is 5.53. The number of carbonyl (C=O) groups is 2. The standard InChI is InChI=1S/C17H24N2O3/c1-12-6-5-7-13(2)17(12)22-11-16(21)19-18-15(20)10-14-8-3-4-9-14/h5-7,14H,3-4,8-11H2,1-2H3,(H,18,20)(H,19,21). The van der Waals surface area contributed by atoms with Crippen LogP contribution in [-0.2, 0) is 9.59 Å². The van der Waals surface area contributed by atoms with Gasteiger partial charge in [0.25, 0.3) is 5.91 Å². The number of rotatable bonds is 5. The summed E-state index contributed by atoms with van der Waals surface area (Å²) in [5.41, 5.74) is 6.83. The fourth-order valence-electron chi connectivity index (χ4n) is 2.87. The van der Waals surface area contributed by atoms with Crippen LogP contribution in [0.1, 0.15) is 43.2 Å². The van der Waals surface area contributed by atoms with Crippen LogP contribution in [0.15, 0.2) is 18.2 Å². The van der Waals surface area contributed by atoms with Crippen molar-refractivity contribution in [3.63, 3.8) is 0 Å². The van der Waals surface area contributed by atoms with E-state index in [9.17, 15) is 9.59 Å². The Morgan fingerprint density at radius 3 is 2.32 bits per heavy atom. The second-order valence-corrected chi connectivity index (χ2v) is 5.96. The van der Waals surface area contributed by atoms with E-state index >= 15 is 0 Å². The number of amides is 2. The predicted molar refractivity (Wildman–Crippen MR) is 84.3 cm³/mol. The highest BCUT2D eigenvalue weighted by atomic mass is 16.5. The lowest BCUT2D eigenvalue weighted by Gasteiger charge is -2.13. The van der Waals surface area contributed by atoms with Gasteiger partial charge in [0.2, 0.25) is 5.91 Å². The predicted octanol–water partition coefficient (Wildman–Crippen LogP) is 2.41. The number of aryl methyl sites for hydroxylation is 2. The molecule has 0 unspecified atom stereocenters. The first-order valence-electron chi connectivity index (χ1n) is 7.83. The van der Waals surface area contributed by atoms with Gasteiger partial charge < -0.3 is 4.74 Å². The van der Waals surface area contributed by atoms with E-state index in [2.05, 4.69) is 10.9 Å². The van der Waals surface area contributed by atoms with E-state index in [1.807, 2.05) is 32.0 Å². The summed E-state index contributed by atoms with van der Waals surface area (Å²) in [5.74, 6) is 0.687. The van der Waals surface area contributed by atoms with Gasteiger partial charge in [-0.05, 0) is 43.7 Å². The number of hydrazine groups is 1. The summed E-state index contributed by atoms with van der Waals surface area (Å²) >= 11 is 0. The van der Waals surface area contributed by atoms with Crippen LogP contribution in [-0.4, -0.2) is 18.4 Å². The molecule has 2 rings (SSSR count). The number of nitrogens with one attached hydrogen (secondary N) is 2. The highest BCUT2D eigenvalue weighted by molar-refractivity contribution is 5.82. The van der Waals surface area contributed by atoms with Crippen LogP contribution < -0.4 is 15.6 Å². The molecule has 0 radical (unpaired) electrons. The van der Waals surface area contributed by atoms with E-state index in [1.165, 1.54) is 12.8 Å². The van der Waals surface area contributed by atoms with Crippen molar-refractivity contribution in [3.05, 3.63) is 29.3 Å². The number of hydrogen-bond donors (Lipinski definition) is 2. The van der Waals surface area contributed by atoms with E-state index in [4.69, 9.17) is 4.74 Å². The minimum atomic E-state index is -0.359. The lowest BCUT2D eigenvalue weighted by Crippen LogP contribution is -2.44. The highest BCUT2D eigenvalue weighted by Crippen LogP contribution is 2.27. The van der Waals surface area contributed by atoms with E-state index < -0.39 is 0 Å². The maximum absolute atomic E-state index is 11.7. The normalized spacial score (nSPS) is 14.6. The molecule has 1 saturated carbocycles. The van der Waals surface area contributed by atoms with Gasteiger partial charge in [-0.1, -0.05) is 31.0 Å². The van der Waals surface area contributed by atoms with Gasteiger partial charge in [0.05, 0.1) is 0 Å². The summed E-state index contributed by atoms with van der Waals surface area (Å²) in [4.78, 5) is 23.4. The Kier molecular flexibility index (Phi) is 5.81. The van der Waals surface area contributed by atoms with E-state index in [0.29, 0.717) is 12.3 Å². The van der Waals surface area contributed by atoms with Crippen LogP contribution in [0.4, 0.5) is 0 Å². The number of benzene rings is 1. The highest BCUT2D eigenvalue weighted by Gasteiger charge is 2.18. The molecule has 5 heteroatoms. The van der Waals surface area contributed by atoms with Gasteiger partial charge in [-0.25, -0.2) is 0 Å². The van der Waals surface area contributed by atoms with Crippen LogP contribution in [0, 0.1) is 19.8 Å². The second-order valence-electron chi connectivity index (χ2n) is 5.96. The third-order valence-electron chi connectivity index (χ3n) is 4.05. The van der Waals surface area contributed by atoms with Gasteiger partial charge >= 0.3 is 0 Å². The molecule has 0 aliphatic heterocycles. The van der Waals surface area contributed by atoms with Gasteiger partial charge in [-0.15, -0.1) is 0 Å². The number of hydrogen-bond acceptors (Lipinski definition) is 3. The molecular weight excluding hydrogens is 280 g/mol. The van der Waals surface area contributed by atoms with Gasteiger partial charge in [-0.2, -0.15) is 0 Å². The third kappa shape index (κ3) is 4.76. The maximum Gasteiger partial charge on any atom is 0.276 e. The molecule has 0 aromatic heterocycles. The molecule has 1 fully saturated rings. The van der Waals surface area contributed by atoms with Gasteiger partial charge in [0.15, 0.2) is 6.61 Å². The second kappa shape index (κ2) is 7.82. The minimum Gasteiger partial charge on any atom is -0.483 e. The molecule has 1 aromatic carbocycles. The average Bonchev–Trinajstić information content (AvgIpc) is 2.97. The first-order valence-corrected chi connectivity index (χ1v) is 7.83. The van der Waals surface area contributed by atoms with Gasteiger partial charge in [0.1, 0.15) is 5.75 Å². The zero-order valence-electron chi connectivity index (χ0n) is 13.3. The molecule has 2 amide bonds. The SMILES string of the molecule is Cc1cccc(C)c1OCC(=O)NNC(=O)CC1CCCC1. The smallest absolute Gasteiger partial charge is 0.276 e. The van der Waals surface area contributed by atoms with Crippen molar-refractivity contribution in [2.75, 3.05) is 6.61 Å². The topological polar surface area (TPSA) is 67.4 Å². The first kappa shape index (κ1) is 16.3. The molecule has 1 aliphatic carbocycles. The molecule has 0 heterocycles. The summed E-state index contributed by atoms with van der Waals surface area (Å²) in [5, 5.41) is 0. The molecule has 1 aromatic rings. The van der Waals surface area contributed by atoms with Crippen LogP contribution >= 0.6 is 0 Å². The molecule has 0 bridgehead atoms. The number of carbonyl (C=O) groups excluding carboxylic acids is 2. The van der Waals surface area contributed by atoms with Crippen molar-refractivity contribution in [2.24, 2.45) is 5.92 Å². The van der Waals surface area contributed by atoms with Crippen LogP contribution in [0.5, 0.6) is 5.75 Å².